The van der Waals surface area contributed by atoms with Gasteiger partial charge in [-0.3, -0.25) is 9.78 Å². The zero-order valence-electron chi connectivity index (χ0n) is 11.2. The summed E-state index contributed by atoms with van der Waals surface area (Å²) >= 11 is 0. The summed E-state index contributed by atoms with van der Waals surface area (Å²) in [5, 5.41) is 12.4. The molecule has 2 N–H and O–H groups in total. The molecule has 1 atom stereocenters. The Morgan fingerprint density at radius 1 is 1.58 bits per heavy atom. The van der Waals surface area contributed by atoms with Crippen molar-refractivity contribution in [3.8, 4) is 0 Å². The molecule has 1 aliphatic heterocycles. The zero-order valence-corrected chi connectivity index (χ0v) is 11.2. The summed E-state index contributed by atoms with van der Waals surface area (Å²) < 4.78 is 0. The van der Waals surface area contributed by atoms with Gasteiger partial charge < -0.3 is 15.3 Å². The van der Waals surface area contributed by atoms with Crippen molar-refractivity contribution < 1.29 is 9.90 Å². The zero-order chi connectivity index (χ0) is 13.7. The molecule has 0 bridgehead atoms. The van der Waals surface area contributed by atoms with Gasteiger partial charge in [-0.2, -0.15) is 0 Å². The van der Waals surface area contributed by atoms with Crippen molar-refractivity contribution in [2.24, 2.45) is 0 Å². The smallest absolute Gasteiger partial charge is 0.274 e. The summed E-state index contributed by atoms with van der Waals surface area (Å²) in [4.78, 5) is 22.3. The third kappa shape index (κ3) is 3.20. The SMILES string of the molecule is CCCNc1cncc(C(=O)N2CCCC2CO)n1. The molecule has 1 aromatic rings. The highest BCUT2D eigenvalue weighted by atomic mass is 16.3. The first kappa shape index (κ1) is 13.7. The number of hydrogen-bond acceptors (Lipinski definition) is 5. The van der Waals surface area contributed by atoms with Crippen molar-refractivity contribution in [2.75, 3.05) is 25.0 Å². The number of aromatic nitrogens is 2. The predicted octanol–water partition coefficient (Wildman–Crippen LogP) is 0.895. The van der Waals surface area contributed by atoms with Gasteiger partial charge in [-0.1, -0.05) is 6.92 Å². The summed E-state index contributed by atoms with van der Waals surface area (Å²) in [5.74, 6) is 0.469. The van der Waals surface area contributed by atoms with Gasteiger partial charge in [-0.15, -0.1) is 0 Å². The first-order valence-corrected chi connectivity index (χ1v) is 6.74. The summed E-state index contributed by atoms with van der Waals surface area (Å²) in [7, 11) is 0. The maximum atomic E-state index is 12.3. The molecule has 1 aliphatic rings. The number of aliphatic hydroxyl groups excluding tert-OH is 1. The average molecular weight is 264 g/mol. The van der Waals surface area contributed by atoms with E-state index in [0.29, 0.717) is 18.1 Å². The molecule has 2 heterocycles. The first-order valence-electron chi connectivity index (χ1n) is 6.74. The van der Waals surface area contributed by atoms with Crippen molar-refractivity contribution in [1.82, 2.24) is 14.9 Å². The number of amides is 1. The van der Waals surface area contributed by atoms with E-state index in [1.54, 1.807) is 11.1 Å². The minimum absolute atomic E-state index is 0.00689. The number of nitrogens with zero attached hydrogens (tertiary/aromatic N) is 3. The number of anilines is 1. The van der Waals surface area contributed by atoms with E-state index in [9.17, 15) is 9.90 Å². The molecule has 0 saturated carbocycles. The largest absolute Gasteiger partial charge is 0.394 e. The second-order valence-electron chi connectivity index (χ2n) is 4.69. The highest BCUT2D eigenvalue weighted by Gasteiger charge is 2.29. The third-order valence-electron chi connectivity index (χ3n) is 3.26. The molecule has 104 valence electrons. The minimum atomic E-state index is -0.149. The molecule has 0 radical (unpaired) electrons. The van der Waals surface area contributed by atoms with Gasteiger partial charge in [0.15, 0.2) is 0 Å². The van der Waals surface area contributed by atoms with Crippen LogP contribution in [0.1, 0.15) is 36.7 Å². The van der Waals surface area contributed by atoms with E-state index < -0.39 is 0 Å². The van der Waals surface area contributed by atoms with Gasteiger partial charge in [0.1, 0.15) is 11.5 Å². The average Bonchev–Trinajstić information content (AvgIpc) is 2.93. The molecular formula is C13H20N4O2. The number of nitrogens with one attached hydrogen (secondary N) is 1. The lowest BCUT2D eigenvalue weighted by molar-refractivity contribution is 0.0671. The Labute approximate surface area is 112 Å². The third-order valence-corrected chi connectivity index (χ3v) is 3.26. The normalized spacial score (nSPS) is 18.6. The second kappa shape index (κ2) is 6.47. The number of carbonyl (C=O) groups excluding carboxylic acids is 1. The Morgan fingerprint density at radius 2 is 2.42 bits per heavy atom. The summed E-state index contributed by atoms with van der Waals surface area (Å²) in [5.41, 5.74) is 0.335. The van der Waals surface area contributed by atoms with E-state index in [4.69, 9.17) is 0 Å². The van der Waals surface area contributed by atoms with Gasteiger partial charge in [-0.25, -0.2) is 4.98 Å². The monoisotopic (exact) mass is 264 g/mol. The molecule has 6 heteroatoms. The molecule has 1 fully saturated rings. The van der Waals surface area contributed by atoms with E-state index in [0.717, 1.165) is 25.8 Å². The van der Waals surface area contributed by atoms with E-state index in [1.807, 2.05) is 0 Å². The fraction of sp³-hybridized carbons (Fsp3) is 0.615. The lowest BCUT2D eigenvalue weighted by Gasteiger charge is -2.22. The summed E-state index contributed by atoms with van der Waals surface area (Å²) in [6.07, 6.45) is 5.85. The van der Waals surface area contributed by atoms with Crippen LogP contribution in [0.15, 0.2) is 12.4 Å². The Kier molecular flexibility index (Phi) is 4.68. The van der Waals surface area contributed by atoms with Crippen molar-refractivity contribution in [1.29, 1.82) is 0 Å². The number of hydrogen-bond donors (Lipinski definition) is 2. The van der Waals surface area contributed by atoms with Crippen molar-refractivity contribution in [3.05, 3.63) is 18.1 Å². The second-order valence-corrected chi connectivity index (χ2v) is 4.69. The highest BCUT2D eigenvalue weighted by molar-refractivity contribution is 5.92. The fourth-order valence-electron chi connectivity index (χ4n) is 2.25. The van der Waals surface area contributed by atoms with Crippen LogP contribution < -0.4 is 5.32 Å². The van der Waals surface area contributed by atoms with Gasteiger partial charge in [0.05, 0.1) is 25.0 Å². The Bertz CT molecular complexity index is 438. The molecule has 1 aromatic heterocycles. The standard InChI is InChI=1S/C13H20N4O2/c1-2-5-15-12-8-14-7-11(16-12)13(19)17-6-3-4-10(17)9-18/h7-8,10,18H,2-6,9H2,1H3,(H,15,16). The van der Waals surface area contributed by atoms with Crippen molar-refractivity contribution in [2.45, 2.75) is 32.2 Å². The number of likely N-dealkylation sites (tertiary alicyclic amines) is 1. The molecule has 1 unspecified atom stereocenters. The lowest BCUT2D eigenvalue weighted by Crippen LogP contribution is -2.38. The van der Waals surface area contributed by atoms with Gasteiger partial charge in [0.2, 0.25) is 0 Å². The van der Waals surface area contributed by atoms with E-state index in [2.05, 4.69) is 22.2 Å². The summed E-state index contributed by atoms with van der Waals surface area (Å²) in [6, 6.07) is -0.0819. The molecule has 0 spiro atoms. The molecule has 1 saturated heterocycles. The Morgan fingerprint density at radius 3 is 3.16 bits per heavy atom. The number of aliphatic hydroxyl groups is 1. The van der Waals surface area contributed by atoms with E-state index in [-0.39, 0.29) is 18.6 Å². The molecule has 6 nitrogen and oxygen atoms in total. The van der Waals surface area contributed by atoms with Crippen molar-refractivity contribution in [3.63, 3.8) is 0 Å². The maximum Gasteiger partial charge on any atom is 0.274 e. The molecule has 0 aromatic carbocycles. The van der Waals surface area contributed by atoms with Crippen LogP contribution in [0.5, 0.6) is 0 Å². The van der Waals surface area contributed by atoms with Crippen LogP contribution in [0, 0.1) is 0 Å². The Balaban J connectivity index is 2.10. The molecule has 0 aliphatic carbocycles. The first-order chi connectivity index (χ1) is 9.26. The minimum Gasteiger partial charge on any atom is -0.394 e. The van der Waals surface area contributed by atoms with Gasteiger partial charge >= 0.3 is 0 Å². The van der Waals surface area contributed by atoms with Crippen LogP contribution >= 0.6 is 0 Å². The van der Waals surface area contributed by atoms with Crippen LogP contribution in [0.25, 0.3) is 0 Å². The molecular weight excluding hydrogens is 244 g/mol. The van der Waals surface area contributed by atoms with Gasteiger partial charge in [0.25, 0.3) is 5.91 Å². The van der Waals surface area contributed by atoms with Gasteiger partial charge in [-0.05, 0) is 19.3 Å². The summed E-state index contributed by atoms with van der Waals surface area (Å²) in [6.45, 7) is 3.55. The van der Waals surface area contributed by atoms with Crippen LogP contribution in [-0.4, -0.2) is 51.6 Å². The lowest BCUT2D eigenvalue weighted by atomic mass is 10.2. The van der Waals surface area contributed by atoms with Crippen molar-refractivity contribution >= 4 is 11.7 Å². The van der Waals surface area contributed by atoms with Crippen LogP contribution in [-0.2, 0) is 0 Å². The van der Waals surface area contributed by atoms with Crippen LogP contribution in [0.3, 0.4) is 0 Å². The molecule has 19 heavy (non-hydrogen) atoms. The van der Waals surface area contributed by atoms with Crippen LogP contribution in [0.2, 0.25) is 0 Å². The maximum absolute atomic E-state index is 12.3. The highest BCUT2D eigenvalue weighted by Crippen LogP contribution is 2.19. The number of carbonyl (C=O) groups is 1. The van der Waals surface area contributed by atoms with Gasteiger partial charge in [0, 0.05) is 13.1 Å². The van der Waals surface area contributed by atoms with Crippen LogP contribution in [0.4, 0.5) is 5.82 Å². The quantitative estimate of drug-likeness (QED) is 0.826. The topological polar surface area (TPSA) is 78.4 Å². The Hall–Kier alpha value is -1.69. The van der Waals surface area contributed by atoms with E-state index in [1.165, 1.54) is 6.20 Å². The predicted molar refractivity (Wildman–Crippen MR) is 72.0 cm³/mol. The number of rotatable bonds is 5. The van der Waals surface area contributed by atoms with E-state index >= 15 is 0 Å². The fourth-order valence-corrected chi connectivity index (χ4v) is 2.25. The molecule has 2 rings (SSSR count). The molecule has 1 amide bonds.